The van der Waals surface area contributed by atoms with E-state index in [0.717, 1.165) is 17.0 Å². The molecule has 0 radical (unpaired) electrons. The van der Waals surface area contributed by atoms with E-state index in [2.05, 4.69) is 15.5 Å². The number of nitrogens with zero attached hydrogens (tertiary/aromatic N) is 3. The number of carbonyl (C=O) groups is 1. The first-order chi connectivity index (χ1) is 16.2. The molecule has 33 heavy (non-hydrogen) atoms. The van der Waals surface area contributed by atoms with Crippen LogP contribution in [0.4, 0.5) is 0 Å². The summed E-state index contributed by atoms with van der Waals surface area (Å²) in [5, 5.41) is 12.3. The van der Waals surface area contributed by atoms with Crippen molar-refractivity contribution in [2.75, 3.05) is 19.0 Å². The molecule has 8 nitrogen and oxygen atoms in total. The van der Waals surface area contributed by atoms with Crippen LogP contribution in [0.1, 0.15) is 18.5 Å². The molecule has 1 amide bonds. The van der Waals surface area contributed by atoms with E-state index in [1.165, 1.54) is 11.8 Å². The molecule has 0 aliphatic carbocycles. The van der Waals surface area contributed by atoms with Gasteiger partial charge < -0.3 is 19.2 Å². The molecule has 2 aromatic heterocycles. The van der Waals surface area contributed by atoms with Gasteiger partial charge in [0.1, 0.15) is 13.2 Å². The maximum atomic E-state index is 12.7. The van der Waals surface area contributed by atoms with Crippen molar-refractivity contribution in [1.82, 2.24) is 20.1 Å². The molecule has 0 bridgehead atoms. The summed E-state index contributed by atoms with van der Waals surface area (Å²) in [6.45, 7) is 3.01. The van der Waals surface area contributed by atoms with Crippen LogP contribution in [-0.2, 0) is 4.79 Å². The summed E-state index contributed by atoms with van der Waals surface area (Å²) in [7, 11) is 0. The van der Waals surface area contributed by atoms with E-state index in [9.17, 15) is 4.79 Å². The van der Waals surface area contributed by atoms with E-state index in [1.807, 2.05) is 66.1 Å². The Hall–Kier alpha value is -3.72. The molecule has 9 heteroatoms. The summed E-state index contributed by atoms with van der Waals surface area (Å²) in [4.78, 5) is 12.7. The number of furan rings is 1. The van der Waals surface area contributed by atoms with Crippen LogP contribution in [0, 0.1) is 0 Å². The van der Waals surface area contributed by atoms with Crippen LogP contribution in [0.25, 0.3) is 17.3 Å². The second-order valence-electron chi connectivity index (χ2n) is 7.44. The highest BCUT2D eigenvalue weighted by Gasteiger charge is 2.20. The normalized spacial score (nSPS) is 13.5. The number of hydrogen-bond donors (Lipinski definition) is 1. The standard InChI is InChI=1S/C24H22N4O4S/c1-16(17-9-10-19-21(14-17)32-13-12-31-19)25-22(29)15-33-24-27-26-23(20-8-5-11-30-20)28(24)18-6-3-2-4-7-18/h2-11,14,16H,12-13,15H2,1H3,(H,25,29)/t16-/m0/s1. The van der Waals surface area contributed by atoms with Crippen molar-refractivity contribution in [3.63, 3.8) is 0 Å². The van der Waals surface area contributed by atoms with Gasteiger partial charge in [0, 0.05) is 5.69 Å². The first kappa shape index (κ1) is 21.1. The Morgan fingerprint density at radius 3 is 2.67 bits per heavy atom. The average molecular weight is 463 g/mol. The fourth-order valence-electron chi connectivity index (χ4n) is 3.56. The molecule has 1 aliphatic rings. The molecule has 0 spiro atoms. The molecular weight excluding hydrogens is 440 g/mol. The van der Waals surface area contributed by atoms with Gasteiger partial charge >= 0.3 is 0 Å². The van der Waals surface area contributed by atoms with E-state index in [-0.39, 0.29) is 17.7 Å². The van der Waals surface area contributed by atoms with Gasteiger partial charge in [-0.2, -0.15) is 0 Å². The number of rotatable bonds is 7. The fourth-order valence-corrected chi connectivity index (χ4v) is 4.33. The molecule has 0 unspecified atom stereocenters. The monoisotopic (exact) mass is 462 g/mol. The number of para-hydroxylation sites is 1. The van der Waals surface area contributed by atoms with Crippen LogP contribution >= 0.6 is 11.8 Å². The van der Waals surface area contributed by atoms with Gasteiger partial charge in [-0.25, -0.2) is 0 Å². The van der Waals surface area contributed by atoms with Crippen molar-refractivity contribution in [3.05, 3.63) is 72.5 Å². The predicted molar refractivity (Wildman–Crippen MR) is 124 cm³/mol. The van der Waals surface area contributed by atoms with Crippen LogP contribution in [0.5, 0.6) is 11.5 Å². The first-order valence-corrected chi connectivity index (χ1v) is 11.5. The van der Waals surface area contributed by atoms with Crippen molar-refractivity contribution in [3.8, 4) is 28.8 Å². The maximum Gasteiger partial charge on any atom is 0.230 e. The third kappa shape index (κ3) is 4.58. The molecule has 0 fully saturated rings. The summed E-state index contributed by atoms with van der Waals surface area (Å²) in [6.07, 6.45) is 1.60. The van der Waals surface area contributed by atoms with Gasteiger partial charge in [-0.1, -0.05) is 36.0 Å². The molecule has 1 N–H and O–H groups in total. The Morgan fingerprint density at radius 1 is 1.06 bits per heavy atom. The number of carbonyl (C=O) groups excluding carboxylic acids is 1. The van der Waals surface area contributed by atoms with Crippen LogP contribution in [0.2, 0.25) is 0 Å². The number of ether oxygens (including phenoxy) is 2. The number of thioether (sulfide) groups is 1. The van der Waals surface area contributed by atoms with Crippen molar-refractivity contribution in [1.29, 1.82) is 0 Å². The van der Waals surface area contributed by atoms with Gasteiger partial charge in [0.25, 0.3) is 0 Å². The van der Waals surface area contributed by atoms with Crippen molar-refractivity contribution in [2.24, 2.45) is 0 Å². The Labute approximate surface area is 194 Å². The van der Waals surface area contributed by atoms with Crippen molar-refractivity contribution < 1.29 is 18.7 Å². The molecule has 2 aromatic carbocycles. The maximum absolute atomic E-state index is 12.7. The summed E-state index contributed by atoms with van der Waals surface area (Å²) >= 11 is 1.32. The largest absolute Gasteiger partial charge is 0.486 e. The number of fused-ring (bicyclic) bond motifs is 1. The van der Waals surface area contributed by atoms with E-state index in [4.69, 9.17) is 13.9 Å². The van der Waals surface area contributed by atoms with Gasteiger partial charge in [0.05, 0.1) is 18.1 Å². The van der Waals surface area contributed by atoms with Crippen molar-refractivity contribution in [2.45, 2.75) is 18.1 Å². The topological polar surface area (TPSA) is 91.4 Å². The zero-order chi connectivity index (χ0) is 22.6. The number of hydrogen-bond acceptors (Lipinski definition) is 7. The molecule has 1 atom stereocenters. The number of benzene rings is 2. The minimum absolute atomic E-state index is 0.107. The van der Waals surface area contributed by atoms with Crippen LogP contribution in [0.3, 0.4) is 0 Å². The Morgan fingerprint density at radius 2 is 1.88 bits per heavy atom. The molecule has 3 heterocycles. The lowest BCUT2D eigenvalue weighted by Gasteiger charge is -2.21. The smallest absolute Gasteiger partial charge is 0.230 e. The quantitative estimate of drug-likeness (QED) is 0.410. The highest BCUT2D eigenvalue weighted by atomic mass is 32.2. The second-order valence-corrected chi connectivity index (χ2v) is 8.38. The second kappa shape index (κ2) is 9.41. The molecule has 4 aromatic rings. The summed E-state index contributed by atoms with van der Waals surface area (Å²) < 4.78 is 18.6. The van der Waals surface area contributed by atoms with E-state index in [1.54, 1.807) is 12.3 Å². The number of amides is 1. The lowest BCUT2D eigenvalue weighted by atomic mass is 10.1. The number of nitrogens with one attached hydrogen (secondary N) is 1. The van der Waals surface area contributed by atoms with E-state index in [0.29, 0.717) is 35.7 Å². The Balaban J connectivity index is 1.29. The van der Waals surface area contributed by atoms with Crippen molar-refractivity contribution >= 4 is 17.7 Å². The fraction of sp³-hybridized carbons (Fsp3) is 0.208. The SMILES string of the molecule is C[C@H](NC(=O)CSc1nnc(-c2ccco2)n1-c1ccccc1)c1ccc2c(c1)OCCO2. The van der Waals surface area contributed by atoms with Gasteiger partial charge in [-0.05, 0) is 48.9 Å². The lowest BCUT2D eigenvalue weighted by molar-refractivity contribution is -0.119. The highest BCUT2D eigenvalue weighted by molar-refractivity contribution is 7.99. The molecule has 5 rings (SSSR count). The zero-order valence-electron chi connectivity index (χ0n) is 17.9. The van der Waals surface area contributed by atoms with Crippen LogP contribution in [-0.4, -0.2) is 39.6 Å². The lowest BCUT2D eigenvalue weighted by Crippen LogP contribution is -2.28. The van der Waals surface area contributed by atoms with E-state index >= 15 is 0 Å². The highest BCUT2D eigenvalue weighted by Crippen LogP contribution is 2.33. The Bertz CT molecular complexity index is 1240. The van der Waals surface area contributed by atoms with Crippen LogP contribution < -0.4 is 14.8 Å². The molecule has 1 aliphatic heterocycles. The first-order valence-electron chi connectivity index (χ1n) is 10.6. The van der Waals surface area contributed by atoms with Gasteiger partial charge in [0.15, 0.2) is 22.4 Å². The van der Waals surface area contributed by atoms with E-state index < -0.39 is 0 Å². The van der Waals surface area contributed by atoms with Crippen LogP contribution in [0.15, 0.2) is 76.5 Å². The minimum atomic E-state index is -0.181. The summed E-state index contributed by atoms with van der Waals surface area (Å²) in [5.41, 5.74) is 1.84. The Kier molecular flexibility index (Phi) is 6.03. The molecule has 0 saturated carbocycles. The summed E-state index contributed by atoms with van der Waals surface area (Å²) in [6, 6.07) is 18.9. The van der Waals surface area contributed by atoms with Gasteiger partial charge in [0.2, 0.25) is 11.7 Å². The van der Waals surface area contributed by atoms with Gasteiger partial charge in [-0.15, -0.1) is 10.2 Å². The third-order valence-electron chi connectivity index (χ3n) is 5.17. The number of aromatic nitrogens is 3. The molecule has 168 valence electrons. The predicted octanol–water partition coefficient (Wildman–Crippen LogP) is 4.27. The minimum Gasteiger partial charge on any atom is -0.486 e. The average Bonchev–Trinajstić information content (AvgIpc) is 3.53. The third-order valence-corrected chi connectivity index (χ3v) is 6.09. The molecule has 0 saturated heterocycles. The molecular formula is C24H22N4O4S. The zero-order valence-corrected chi connectivity index (χ0v) is 18.7. The van der Waals surface area contributed by atoms with Gasteiger partial charge in [-0.3, -0.25) is 9.36 Å². The summed E-state index contributed by atoms with van der Waals surface area (Å²) in [5.74, 6) is 2.71.